The van der Waals surface area contributed by atoms with Gasteiger partial charge in [0.15, 0.2) is 0 Å². The van der Waals surface area contributed by atoms with E-state index in [1.54, 1.807) is 25.3 Å². The topological polar surface area (TPSA) is 68.7 Å². The van der Waals surface area contributed by atoms with E-state index < -0.39 is 0 Å². The molecule has 1 aromatic rings. The van der Waals surface area contributed by atoms with Crippen molar-refractivity contribution >= 4 is 17.8 Å². The lowest BCUT2D eigenvalue weighted by atomic mass is 9.87. The number of aromatic nitrogens is 1. The van der Waals surface area contributed by atoms with Crippen molar-refractivity contribution in [2.45, 2.75) is 20.3 Å². The highest BCUT2D eigenvalue weighted by Crippen LogP contribution is 2.29. The molecule has 2 heterocycles. The van der Waals surface area contributed by atoms with E-state index in [1.807, 2.05) is 11.8 Å². The molecule has 0 bridgehead atoms. The maximum absolute atomic E-state index is 12.0. The van der Waals surface area contributed by atoms with Crippen molar-refractivity contribution in [1.82, 2.24) is 4.98 Å². The molecule has 1 fully saturated rings. The molecule has 0 aromatic carbocycles. The zero-order valence-corrected chi connectivity index (χ0v) is 13.2. The van der Waals surface area contributed by atoms with Gasteiger partial charge >= 0.3 is 11.9 Å². The Labute approximate surface area is 130 Å². The van der Waals surface area contributed by atoms with Gasteiger partial charge in [-0.1, -0.05) is 6.92 Å². The number of hydrogen-bond acceptors (Lipinski definition) is 6. The average molecular weight is 306 g/mol. The zero-order chi connectivity index (χ0) is 16.1. The Kier molecular flexibility index (Phi) is 5.35. The molecule has 22 heavy (non-hydrogen) atoms. The molecule has 2 atom stereocenters. The first-order chi connectivity index (χ1) is 10.6. The molecule has 6 nitrogen and oxygen atoms in total. The fourth-order valence-electron chi connectivity index (χ4n) is 2.86. The van der Waals surface area contributed by atoms with Crippen molar-refractivity contribution in [2.24, 2.45) is 11.8 Å². The molecule has 0 spiro atoms. The van der Waals surface area contributed by atoms with E-state index in [9.17, 15) is 9.59 Å². The van der Waals surface area contributed by atoms with Crippen LogP contribution < -0.4 is 4.90 Å². The fourth-order valence-corrected chi connectivity index (χ4v) is 2.86. The lowest BCUT2D eigenvalue weighted by Gasteiger charge is -2.36. The molecule has 0 unspecified atom stereocenters. The highest BCUT2D eigenvalue weighted by molar-refractivity contribution is 5.94. The van der Waals surface area contributed by atoms with Crippen LogP contribution in [-0.4, -0.2) is 43.7 Å². The summed E-state index contributed by atoms with van der Waals surface area (Å²) in [6, 6.07) is 3.44. The first-order valence-electron chi connectivity index (χ1n) is 7.53. The zero-order valence-electron chi connectivity index (χ0n) is 13.2. The lowest BCUT2D eigenvalue weighted by molar-refractivity contribution is -0.147. The normalized spacial score (nSPS) is 21.3. The number of hydrogen-bond donors (Lipinski definition) is 0. The van der Waals surface area contributed by atoms with Gasteiger partial charge in [0.1, 0.15) is 11.4 Å². The molecule has 0 saturated carbocycles. The number of ether oxygens (including phenoxy) is 2. The van der Waals surface area contributed by atoms with E-state index in [0.717, 1.165) is 0 Å². The fraction of sp³-hybridized carbons (Fsp3) is 0.562. The first kappa shape index (κ1) is 16.3. The number of pyridine rings is 1. The molecule has 0 N–H and O–H groups in total. The van der Waals surface area contributed by atoms with Crippen molar-refractivity contribution in [1.29, 1.82) is 0 Å². The minimum absolute atomic E-state index is 0.101. The van der Waals surface area contributed by atoms with Gasteiger partial charge in [0, 0.05) is 19.3 Å². The summed E-state index contributed by atoms with van der Waals surface area (Å²) in [5.74, 6) is 0.123. The van der Waals surface area contributed by atoms with Crippen LogP contribution in [0.2, 0.25) is 0 Å². The van der Waals surface area contributed by atoms with Gasteiger partial charge in [0.25, 0.3) is 0 Å². The highest BCUT2D eigenvalue weighted by Gasteiger charge is 2.33. The molecule has 1 aliphatic heterocycles. The van der Waals surface area contributed by atoms with Gasteiger partial charge in [0.2, 0.25) is 0 Å². The van der Waals surface area contributed by atoms with Gasteiger partial charge in [0.05, 0.1) is 19.6 Å². The summed E-state index contributed by atoms with van der Waals surface area (Å²) in [5.41, 5.74) is 0.466. The second kappa shape index (κ2) is 7.24. The summed E-state index contributed by atoms with van der Waals surface area (Å²) < 4.78 is 9.93. The van der Waals surface area contributed by atoms with E-state index in [-0.39, 0.29) is 23.8 Å². The number of methoxy groups -OCH3 is 1. The standard InChI is InChI=1S/C16H22N2O4/c1-4-22-16(20)13-6-5-8-17-14(13)18-9-7-12(11(2)10-18)15(19)21-3/h5-6,8,11-12H,4,7,9-10H2,1-3H3/t11-,12-/m1/s1. The molecular weight excluding hydrogens is 284 g/mol. The second-order valence-electron chi connectivity index (χ2n) is 5.44. The number of piperidine rings is 1. The van der Waals surface area contributed by atoms with Gasteiger partial charge in [-0.05, 0) is 31.4 Å². The first-order valence-corrected chi connectivity index (χ1v) is 7.53. The molecule has 1 saturated heterocycles. The number of anilines is 1. The number of carbonyl (C=O) groups excluding carboxylic acids is 2. The SMILES string of the molecule is CCOC(=O)c1cccnc1N1CC[C@@H](C(=O)OC)[C@H](C)C1. The summed E-state index contributed by atoms with van der Waals surface area (Å²) in [7, 11) is 1.42. The predicted octanol–water partition coefficient (Wildman–Crippen LogP) is 1.89. The predicted molar refractivity (Wildman–Crippen MR) is 81.7 cm³/mol. The van der Waals surface area contributed by atoms with E-state index in [2.05, 4.69) is 4.98 Å². The van der Waals surface area contributed by atoms with Crippen molar-refractivity contribution in [3.8, 4) is 0 Å². The number of carbonyl (C=O) groups is 2. The van der Waals surface area contributed by atoms with Crippen LogP contribution in [0.25, 0.3) is 0 Å². The lowest BCUT2D eigenvalue weighted by Crippen LogP contribution is -2.43. The monoisotopic (exact) mass is 306 g/mol. The second-order valence-corrected chi connectivity index (χ2v) is 5.44. The van der Waals surface area contributed by atoms with E-state index >= 15 is 0 Å². The van der Waals surface area contributed by atoms with Gasteiger partial charge in [-0.15, -0.1) is 0 Å². The maximum Gasteiger partial charge on any atom is 0.341 e. The Morgan fingerprint density at radius 1 is 1.45 bits per heavy atom. The van der Waals surface area contributed by atoms with Crippen LogP contribution in [0.3, 0.4) is 0 Å². The van der Waals surface area contributed by atoms with Crippen molar-refractivity contribution < 1.29 is 19.1 Å². The number of rotatable bonds is 4. The molecule has 6 heteroatoms. The molecule has 2 rings (SSSR count). The van der Waals surface area contributed by atoms with Gasteiger partial charge < -0.3 is 14.4 Å². The maximum atomic E-state index is 12.0. The summed E-state index contributed by atoms with van der Waals surface area (Å²) in [5, 5.41) is 0. The Morgan fingerprint density at radius 3 is 2.86 bits per heavy atom. The summed E-state index contributed by atoms with van der Waals surface area (Å²) in [4.78, 5) is 30.2. The van der Waals surface area contributed by atoms with E-state index in [1.165, 1.54) is 7.11 Å². The van der Waals surface area contributed by atoms with Crippen LogP contribution in [-0.2, 0) is 14.3 Å². The Morgan fingerprint density at radius 2 is 2.23 bits per heavy atom. The van der Waals surface area contributed by atoms with E-state index in [4.69, 9.17) is 9.47 Å². The van der Waals surface area contributed by atoms with Crippen LogP contribution in [0, 0.1) is 11.8 Å². The molecule has 0 amide bonds. The van der Waals surface area contributed by atoms with Crippen LogP contribution in [0.15, 0.2) is 18.3 Å². The van der Waals surface area contributed by atoms with E-state index in [0.29, 0.717) is 37.5 Å². The van der Waals surface area contributed by atoms with Crippen LogP contribution in [0.4, 0.5) is 5.82 Å². The molecule has 1 aliphatic rings. The minimum Gasteiger partial charge on any atom is -0.469 e. The van der Waals surface area contributed by atoms with Crippen molar-refractivity contribution in [3.63, 3.8) is 0 Å². The van der Waals surface area contributed by atoms with Gasteiger partial charge in [-0.2, -0.15) is 0 Å². The van der Waals surface area contributed by atoms with Crippen molar-refractivity contribution in [3.05, 3.63) is 23.9 Å². The number of esters is 2. The van der Waals surface area contributed by atoms with Crippen LogP contribution >= 0.6 is 0 Å². The summed E-state index contributed by atoms with van der Waals surface area (Å²) in [6.45, 7) is 5.43. The third kappa shape index (κ3) is 3.37. The Hall–Kier alpha value is -2.11. The smallest absolute Gasteiger partial charge is 0.341 e. The van der Waals surface area contributed by atoms with Gasteiger partial charge in [-0.25, -0.2) is 9.78 Å². The molecule has 0 aliphatic carbocycles. The molecule has 120 valence electrons. The Balaban J connectivity index is 2.17. The molecule has 0 radical (unpaired) electrons. The number of nitrogens with zero attached hydrogens (tertiary/aromatic N) is 2. The molecular formula is C16H22N2O4. The third-order valence-corrected chi connectivity index (χ3v) is 3.99. The van der Waals surface area contributed by atoms with Crippen LogP contribution in [0.5, 0.6) is 0 Å². The molecule has 1 aromatic heterocycles. The third-order valence-electron chi connectivity index (χ3n) is 3.99. The van der Waals surface area contributed by atoms with Crippen molar-refractivity contribution in [2.75, 3.05) is 31.7 Å². The summed E-state index contributed by atoms with van der Waals surface area (Å²) in [6.07, 6.45) is 2.35. The largest absolute Gasteiger partial charge is 0.469 e. The van der Waals surface area contributed by atoms with Gasteiger partial charge in [-0.3, -0.25) is 4.79 Å². The summed E-state index contributed by atoms with van der Waals surface area (Å²) >= 11 is 0. The average Bonchev–Trinajstić information content (AvgIpc) is 2.54. The highest BCUT2D eigenvalue weighted by atomic mass is 16.5. The Bertz CT molecular complexity index is 547. The van der Waals surface area contributed by atoms with Crippen LogP contribution in [0.1, 0.15) is 30.6 Å². The minimum atomic E-state index is -0.367. The quantitative estimate of drug-likeness (QED) is 0.791.